The molecule has 0 aliphatic heterocycles. The van der Waals surface area contributed by atoms with E-state index in [1.165, 1.54) is 24.3 Å². The van der Waals surface area contributed by atoms with E-state index < -0.39 is 0 Å². The van der Waals surface area contributed by atoms with E-state index in [9.17, 15) is 9.18 Å². The molecule has 0 radical (unpaired) electrons. The predicted octanol–water partition coefficient (Wildman–Crippen LogP) is 4.47. The Kier molecular flexibility index (Phi) is 5.82. The van der Waals surface area contributed by atoms with Crippen molar-refractivity contribution in [1.29, 1.82) is 0 Å². The van der Waals surface area contributed by atoms with E-state index in [0.717, 1.165) is 17.7 Å². The van der Waals surface area contributed by atoms with Gasteiger partial charge in [0, 0.05) is 11.3 Å². The molecule has 0 aliphatic carbocycles. The Morgan fingerprint density at radius 2 is 1.83 bits per heavy atom. The van der Waals surface area contributed by atoms with Crippen LogP contribution in [-0.4, -0.2) is 11.0 Å². The first-order valence-electron chi connectivity index (χ1n) is 7.48. The molecule has 0 saturated heterocycles. The van der Waals surface area contributed by atoms with E-state index in [-0.39, 0.29) is 16.8 Å². The molecular formula is C18H19FN2OS. The third-order valence-electron chi connectivity index (χ3n) is 3.69. The van der Waals surface area contributed by atoms with E-state index in [0.29, 0.717) is 11.5 Å². The highest BCUT2D eigenvalue weighted by Gasteiger charge is 2.12. The normalized spacial score (nSPS) is 11.6. The van der Waals surface area contributed by atoms with Crippen LogP contribution in [-0.2, 0) is 0 Å². The van der Waals surface area contributed by atoms with Gasteiger partial charge in [0.05, 0.1) is 0 Å². The first-order valence-corrected chi connectivity index (χ1v) is 7.89. The van der Waals surface area contributed by atoms with Gasteiger partial charge in [-0.1, -0.05) is 32.0 Å². The number of rotatable bonds is 4. The minimum Gasteiger partial charge on any atom is -0.332 e. The lowest BCUT2D eigenvalue weighted by atomic mass is 9.97. The van der Waals surface area contributed by atoms with Gasteiger partial charge in [-0.05, 0) is 60.5 Å². The topological polar surface area (TPSA) is 41.1 Å². The van der Waals surface area contributed by atoms with Crippen LogP contribution in [0.3, 0.4) is 0 Å². The SMILES string of the molecule is CCC(C)c1ccccc1NC(=S)NC(=O)c1ccc(F)cc1. The number of carbonyl (C=O) groups is 1. The highest BCUT2D eigenvalue weighted by molar-refractivity contribution is 7.80. The van der Waals surface area contributed by atoms with Gasteiger partial charge in [-0.3, -0.25) is 10.1 Å². The molecule has 0 bridgehead atoms. The zero-order chi connectivity index (χ0) is 16.8. The lowest BCUT2D eigenvalue weighted by molar-refractivity contribution is 0.0977. The van der Waals surface area contributed by atoms with Crippen LogP contribution in [0.15, 0.2) is 48.5 Å². The van der Waals surface area contributed by atoms with Crippen LogP contribution in [0.25, 0.3) is 0 Å². The van der Waals surface area contributed by atoms with Crippen molar-refractivity contribution in [2.75, 3.05) is 5.32 Å². The largest absolute Gasteiger partial charge is 0.332 e. The molecule has 2 rings (SSSR count). The Morgan fingerprint density at radius 1 is 1.17 bits per heavy atom. The van der Waals surface area contributed by atoms with Crippen molar-refractivity contribution in [2.45, 2.75) is 26.2 Å². The number of carbonyl (C=O) groups excluding carboxylic acids is 1. The van der Waals surface area contributed by atoms with Gasteiger partial charge in [0.1, 0.15) is 5.82 Å². The standard InChI is InChI=1S/C18H19FN2OS/c1-3-12(2)15-6-4-5-7-16(15)20-18(23)21-17(22)13-8-10-14(19)11-9-13/h4-12H,3H2,1-2H3,(H2,20,21,22,23). The molecule has 0 aliphatic rings. The fourth-order valence-electron chi connectivity index (χ4n) is 2.19. The van der Waals surface area contributed by atoms with Crippen LogP contribution in [0.4, 0.5) is 10.1 Å². The monoisotopic (exact) mass is 330 g/mol. The zero-order valence-electron chi connectivity index (χ0n) is 13.1. The van der Waals surface area contributed by atoms with Gasteiger partial charge < -0.3 is 5.32 Å². The van der Waals surface area contributed by atoms with E-state index in [4.69, 9.17) is 12.2 Å². The molecule has 120 valence electrons. The molecule has 0 aromatic heterocycles. The van der Waals surface area contributed by atoms with Crippen molar-refractivity contribution in [2.24, 2.45) is 0 Å². The number of amides is 1. The Morgan fingerprint density at radius 3 is 2.48 bits per heavy atom. The van der Waals surface area contributed by atoms with Crippen molar-refractivity contribution in [1.82, 2.24) is 5.32 Å². The molecule has 5 heteroatoms. The molecular weight excluding hydrogens is 311 g/mol. The Hall–Kier alpha value is -2.27. The Labute approximate surface area is 140 Å². The molecule has 1 amide bonds. The van der Waals surface area contributed by atoms with Crippen molar-refractivity contribution in [3.63, 3.8) is 0 Å². The highest BCUT2D eigenvalue weighted by Crippen LogP contribution is 2.26. The van der Waals surface area contributed by atoms with Crippen LogP contribution in [0.5, 0.6) is 0 Å². The summed E-state index contributed by atoms with van der Waals surface area (Å²) in [6, 6.07) is 13.2. The summed E-state index contributed by atoms with van der Waals surface area (Å²) in [6.07, 6.45) is 1.01. The van der Waals surface area contributed by atoms with Crippen molar-refractivity contribution in [3.05, 3.63) is 65.5 Å². The summed E-state index contributed by atoms with van der Waals surface area (Å²) < 4.78 is 12.9. The summed E-state index contributed by atoms with van der Waals surface area (Å²) in [5.41, 5.74) is 2.38. The van der Waals surface area contributed by atoms with E-state index in [2.05, 4.69) is 24.5 Å². The average Bonchev–Trinajstić information content (AvgIpc) is 2.55. The van der Waals surface area contributed by atoms with Gasteiger partial charge in [-0.2, -0.15) is 0 Å². The lowest BCUT2D eigenvalue weighted by Crippen LogP contribution is -2.34. The second kappa shape index (κ2) is 7.83. The first kappa shape index (κ1) is 17.1. The summed E-state index contributed by atoms with van der Waals surface area (Å²) in [7, 11) is 0. The fraction of sp³-hybridized carbons (Fsp3) is 0.222. The maximum Gasteiger partial charge on any atom is 0.257 e. The van der Waals surface area contributed by atoms with Crippen LogP contribution in [0, 0.1) is 5.82 Å². The minimum absolute atomic E-state index is 0.218. The number of para-hydroxylation sites is 1. The van der Waals surface area contributed by atoms with E-state index in [1.807, 2.05) is 24.3 Å². The highest BCUT2D eigenvalue weighted by atomic mass is 32.1. The Bertz CT molecular complexity index is 700. The van der Waals surface area contributed by atoms with Gasteiger partial charge >= 0.3 is 0 Å². The average molecular weight is 330 g/mol. The Balaban J connectivity index is 2.05. The van der Waals surface area contributed by atoms with E-state index in [1.54, 1.807) is 0 Å². The number of hydrogen-bond donors (Lipinski definition) is 2. The molecule has 2 aromatic carbocycles. The van der Waals surface area contributed by atoms with Crippen molar-refractivity contribution >= 4 is 28.9 Å². The molecule has 0 fully saturated rings. The first-order chi connectivity index (χ1) is 11.0. The van der Waals surface area contributed by atoms with Gasteiger partial charge in [-0.25, -0.2) is 4.39 Å². The number of thiocarbonyl (C=S) groups is 1. The second-order valence-corrected chi connectivity index (χ2v) is 5.72. The van der Waals surface area contributed by atoms with Gasteiger partial charge in [0.2, 0.25) is 0 Å². The lowest BCUT2D eigenvalue weighted by Gasteiger charge is -2.17. The predicted molar refractivity (Wildman–Crippen MR) is 95.2 cm³/mol. The molecule has 2 aromatic rings. The molecule has 1 atom stereocenters. The molecule has 0 saturated carbocycles. The summed E-state index contributed by atoms with van der Waals surface area (Å²) in [5, 5.41) is 5.89. The van der Waals surface area contributed by atoms with Crippen LogP contribution in [0.1, 0.15) is 42.1 Å². The summed E-state index contributed by atoms with van der Waals surface area (Å²) in [4.78, 5) is 12.1. The summed E-state index contributed by atoms with van der Waals surface area (Å²) in [6.45, 7) is 4.26. The second-order valence-electron chi connectivity index (χ2n) is 5.31. The fourth-order valence-corrected chi connectivity index (χ4v) is 2.39. The third-order valence-corrected chi connectivity index (χ3v) is 3.89. The number of nitrogens with one attached hydrogen (secondary N) is 2. The summed E-state index contributed by atoms with van der Waals surface area (Å²) in [5.74, 6) is -0.373. The van der Waals surface area contributed by atoms with E-state index >= 15 is 0 Å². The third kappa shape index (κ3) is 4.60. The molecule has 1 unspecified atom stereocenters. The number of anilines is 1. The zero-order valence-corrected chi connectivity index (χ0v) is 13.9. The maximum absolute atomic E-state index is 12.9. The number of benzene rings is 2. The summed E-state index contributed by atoms with van der Waals surface area (Å²) >= 11 is 5.20. The molecule has 3 nitrogen and oxygen atoms in total. The van der Waals surface area contributed by atoms with Gasteiger partial charge in [-0.15, -0.1) is 0 Å². The molecule has 0 spiro atoms. The molecule has 23 heavy (non-hydrogen) atoms. The van der Waals surface area contributed by atoms with Crippen LogP contribution in [0.2, 0.25) is 0 Å². The van der Waals surface area contributed by atoms with Crippen molar-refractivity contribution in [3.8, 4) is 0 Å². The van der Waals surface area contributed by atoms with Crippen molar-refractivity contribution < 1.29 is 9.18 Å². The number of hydrogen-bond acceptors (Lipinski definition) is 2. The smallest absolute Gasteiger partial charge is 0.257 e. The molecule has 0 heterocycles. The van der Waals surface area contributed by atoms with Crippen LogP contribution >= 0.6 is 12.2 Å². The van der Waals surface area contributed by atoms with Gasteiger partial charge in [0.25, 0.3) is 5.91 Å². The minimum atomic E-state index is -0.385. The quantitative estimate of drug-likeness (QED) is 0.813. The number of halogens is 1. The van der Waals surface area contributed by atoms with Gasteiger partial charge in [0.15, 0.2) is 5.11 Å². The maximum atomic E-state index is 12.9. The van der Waals surface area contributed by atoms with Crippen LogP contribution < -0.4 is 10.6 Å². The molecule has 2 N–H and O–H groups in total.